The minimum absolute atomic E-state index is 0.123. The van der Waals surface area contributed by atoms with Crippen molar-refractivity contribution in [2.24, 2.45) is 0 Å². The van der Waals surface area contributed by atoms with Gasteiger partial charge in [-0.1, -0.05) is 42.5 Å². The van der Waals surface area contributed by atoms with E-state index < -0.39 is 5.38 Å². The molecule has 0 aliphatic carbocycles. The molecule has 122 valence electrons. The number of amides is 1. The van der Waals surface area contributed by atoms with Gasteiger partial charge in [-0.3, -0.25) is 4.79 Å². The number of benzene rings is 2. The van der Waals surface area contributed by atoms with Crippen molar-refractivity contribution < 1.29 is 9.53 Å². The number of carbonyl (C=O) groups is 1. The van der Waals surface area contributed by atoms with Crippen molar-refractivity contribution >= 4 is 17.5 Å². The van der Waals surface area contributed by atoms with Gasteiger partial charge in [0, 0.05) is 7.05 Å². The number of nitrogens with zero attached hydrogens (tertiary/aromatic N) is 1. The molecule has 0 spiro atoms. The van der Waals surface area contributed by atoms with Gasteiger partial charge in [0.25, 0.3) is 0 Å². The number of ether oxygens (including phenoxy) is 1. The Morgan fingerprint density at radius 1 is 1.13 bits per heavy atom. The summed E-state index contributed by atoms with van der Waals surface area (Å²) < 4.78 is 5.79. The lowest BCUT2D eigenvalue weighted by Gasteiger charge is -2.21. The first-order chi connectivity index (χ1) is 11.0. The molecule has 0 saturated carbocycles. The average Bonchev–Trinajstić information content (AvgIpc) is 2.58. The van der Waals surface area contributed by atoms with Gasteiger partial charge in [-0.2, -0.15) is 0 Å². The Morgan fingerprint density at radius 3 is 2.52 bits per heavy atom. The van der Waals surface area contributed by atoms with Crippen molar-refractivity contribution in [3.63, 3.8) is 0 Å². The molecule has 4 heteroatoms. The van der Waals surface area contributed by atoms with Gasteiger partial charge < -0.3 is 9.64 Å². The summed E-state index contributed by atoms with van der Waals surface area (Å²) in [6.07, 6.45) is 0. The molecule has 0 radical (unpaired) electrons. The molecule has 1 atom stereocenters. The van der Waals surface area contributed by atoms with Crippen molar-refractivity contribution in [1.29, 1.82) is 0 Å². The lowest BCUT2D eigenvalue weighted by molar-refractivity contribution is -0.129. The van der Waals surface area contributed by atoms with Crippen molar-refractivity contribution in [1.82, 2.24) is 4.90 Å². The van der Waals surface area contributed by atoms with Crippen LogP contribution in [0.25, 0.3) is 0 Å². The predicted octanol–water partition coefficient (Wildman–Crippen LogP) is 4.12. The van der Waals surface area contributed by atoms with Crippen molar-refractivity contribution in [2.75, 3.05) is 20.2 Å². The van der Waals surface area contributed by atoms with Crippen molar-refractivity contribution in [2.45, 2.75) is 19.2 Å². The van der Waals surface area contributed by atoms with E-state index in [0.717, 1.165) is 16.9 Å². The SMILES string of the molecule is Cc1cccc(OCCN(C)C(=O)C(Cl)c2ccccc2)c1C. The number of alkyl halides is 1. The van der Waals surface area contributed by atoms with Crippen LogP contribution in [0.4, 0.5) is 0 Å². The minimum Gasteiger partial charge on any atom is -0.491 e. The van der Waals surface area contributed by atoms with Gasteiger partial charge in [-0.15, -0.1) is 11.6 Å². The smallest absolute Gasteiger partial charge is 0.245 e. The molecule has 1 amide bonds. The number of aryl methyl sites for hydroxylation is 1. The van der Waals surface area contributed by atoms with E-state index in [0.29, 0.717) is 13.2 Å². The first-order valence-corrected chi connectivity index (χ1v) is 8.07. The Hall–Kier alpha value is -2.00. The first-order valence-electron chi connectivity index (χ1n) is 7.63. The Bertz CT molecular complexity index is 658. The quantitative estimate of drug-likeness (QED) is 0.745. The number of halogens is 1. The zero-order valence-corrected chi connectivity index (χ0v) is 14.5. The highest BCUT2D eigenvalue weighted by atomic mass is 35.5. The Labute approximate surface area is 142 Å². The molecule has 0 bridgehead atoms. The number of hydrogen-bond donors (Lipinski definition) is 0. The summed E-state index contributed by atoms with van der Waals surface area (Å²) in [6.45, 7) is 5.01. The largest absolute Gasteiger partial charge is 0.491 e. The van der Waals surface area contributed by atoms with Gasteiger partial charge in [0.2, 0.25) is 5.91 Å². The van der Waals surface area contributed by atoms with E-state index in [1.54, 1.807) is 11.9 Å². The molecule has 2 aromatic rings. The van der Waals surface area contributed by atoms with Crippen LogP contribution in [0.2, 0.25) is 0 Å². The molecular weight excluding hydrogens is 310 g/mol. The van der Waals surface area contributed by atoms with Crippen LogP contribution < -0.4 is 4.74 Å². The van der Waals surface area contributed by atoms with Gasteiger partial charge >= 0.3 is 0 Å². The van der Waals surface area contributed by atoms with Gasteiger partial charge in [-0.25, -0.2) is 0 Å². The molecular formula is C19H22ClNO2. The molecule has 0 aliphatic rings. The number of rotatable bonds is 6. The summed E-state index contributed by atoms with van der Waals surface area (Å²) in [5.74, 6) is 0.735. The standard InChI is InChI=1S/C19H22ClNO2/c1-14-8-7-11-17(15(14)2)23-13-12-21(3)19(22)18(20)16-9-5-4-6-10-16/h4-11,18H,12-13H2,1-3H3. The number of likely N-dealkylation sites (N-methyl/N-ethyl adjacent to an activating group) is 1. The molecule has 0 fully saturated rings. The maximum atomic E-state index is 12.3. The van der Waals surface area contributed by atoms with Crippen LogP contribution in [-0.4, -0.2) is 31.0 Å². The van der Waals surface area contributed by atoms with E-state index in [1.807, 2.05) is 49.4 Å². The van der Waals surface area contributed by atoms with Crippen LogP contribution in [0.3, 0.4) is 0 Å². The highest BCUT2D eigenvalue weighted by molar-refractivity contribution is 6.30. The summed E-state index contributed by atoms with van der Waals surface area (Å²) in [5.41, 5.74) is 3.12. The van der Waals surface area contributed by atoms with Gasteiger partial charge in [0.05, 0.1) is 6.54 Å². The topological polar surface area (TPSA) is 29.5 Å². The fraction of sp³-hybridized carbons (Fsp3) is 0.316. The molecule has 23 heavy (non-hydrogen) atoms. The van der Waals surface area contributed by atoms with E-state index in [4.69, 9.17) is 16.3 Å². The number of hydrogen-bond acceptors (Lipinski definition) is 2. The van der Waals surface area contributed by atoms with Gasteiger partial charge in [0.15, 0.2) is 0 Å². The lowest BCUT2D eigenvalue weighted by atomic mass is 10.1. The van der Waals surface area contributed by atoms with Gasteiger partial charge in [0.1, 0.15) is 17.7 Å². The maximum Gasteiger partial charge on any atom is 0.245 e. The Morgan fingerprint density at radius 2 is 1.83 bits per heavy atom. The van der Waals surface area contributed by atoms with E-state index in [9.17, 15) is 4.79 Å². The normalized spacial score (nSPS) is 11.8. The second-order valence-electron chi connectivity index (χ2n) is 5.58. The van der Waals surface area contributed by atoms with Crippen LogP contribution in [0.1, 0.15) is 22.1 Å². The van der Waals surface area contributed by atoms with Crippen LogP contribution in [0.15, 0.2) is 48.5 Å². The molecule has 0 aliphatic heterocycles. The molecule has 0 heterocycles. The third-order valence-electron chi connectivity index (χ3n) is 3.92. The first kappa shape index (κ1) is 17.4. The predicted molar refractivity (Wildman–Crippen MR) is 94.1 cm³/mol. The molecule has 2 aromatic carbocycles. The fourth-order valence-electron chi connectivity index (χ4n) is 2.24. The zero-order chi connectivity index (χ0) is 16.8. The van der Waals surface area contributed by atoms with Gasteiger partial charge in [-0.05, 0) is 36.6 Å². The highest BCUT2D eigenvalue weighted by Crippen LogP contribution is 2.23. The third-order valence-corrected chi connectivity index (χ3v) is 4.36. The summed E-state index contributed by atoms with van der Waals surface area (Å²) in [5, 5.41) is -0.665. The molecule has 0 saturated heterocycles. The van der Waals surface area contributed by atoms with E-state index in [1.165, 1.54) is 5.56 Å². The second-order valence-corrected chi connectivity index (χ2v) is 6.02. The molecule has 2 rings (SSSR count). The Kier molecular flexibility index (Phi) is 6.05. The average molecular weight is 332 g/mol. The summed E-state index contributed by atoms with van der Waals surface area (Å²) in [4.78, 5) is 14.0. The van der Waals surface area contributed by atoms with Crippen LogP contribution in [0.5, 0.6) is 5.75 Å². The molecule has 0 aromatic heterocycles. The van der Waals surface area contributed by atoms with E-state index >= 15 is 0 Å². The highest BCUT2D eigenvalue weighted by Gasteiger charge is 2.21. The number of carbonyl (C=O) groups excluding carboxylic acids is 1. The maximum absolute atomic E-state index is 12.3. The lowest BCUT2D eigenvalue weighted by Crippen LogP contribution is -2.33. The zero-order valence-electron chi connectivity index (χ0n) is 13.8. The van der Waals surface area contributed by atoms with Crippen molar-refractivity contribution in [3.05, 3.63) is 65.2 Å². The minimum atomic E-state index is -0.665. The Balaban J connectivity index is 1.88. The monoisotopic (exact) mass is 331 g/mol. The fourth-order valence-corrected chi connectivity index (χ4v) is 2.55. The molecule has 1 unspecified atom stereocenters. The summed E-state index contributed by atoms with van der Waals surface area (Å²) >= 11 is 6.26. The van der Waals surface area contributed by atoms with Crippen LogP contribution in [0, 0.1) is 13.8 Å². The van der Waals surface area contributed by atoms with E-state index in [-0.39, 0.29) is 5.91 Å². The van der Waals surface area contributed by atoms with E-state index in [2.05, 4.69) is 13.0 Å². The molecule has 3 nitrogen and oxygen atoms in total. The third kappa shape index (κ3) is 4.49. The summed E-state index contributed by atoms with van der Waals surface area (Å²) in [7, 11) is 1.74. The summed E-state index contributed by atoms with van der Waals surface area (Å²) in [6, 6.07) is 15.3. The molecule has 0 N–H and O–H groups in total. The van der Waals surface area contributed by atoms with Crippen LogP contribution >= 0.6 is 11.6 Å². The van der Waals surface area contributed by atoms with Crippen LogP contribution in [-0.2, 0) is 4.79 Å². The second kappa shape index (κ2) is 8.02. The van der Waals surface area contributed by atoms with Crippen molar-refractivity contribution in [3.8, 4) is 5.75 Å².